The van der Waals surface area contributed by atoms with Gasteiger partial charge >= 0.3 is 0 Å². The summed E-state index contributed by atoms with van der Waals surface area (Å²) in [5.41, 5.74) is 1.21. The minimum atomic E-state index is -1.22. The van der Waals surface area contributed by atoms with Crippen LogP contribution < -0.4 is 4.90 Å². The van der Waals surface area contributed by atoms with Crippen LogP contribution in [0.2, 0.25) is 0 Å². The first-order valence-electron chi connectivity index (χ1n) is 14.6. The number of aliphatic hydroxyl groups is 1. The van der Waals surface area contributed by atoms with Crippen LogP contribution in [0.3, 0.4) is 0 Å². The van der Waals surface area contributed by atoms with Gasteiger partial charge in [0.05, 0.1) is 30.1 Å². The van der Waals surface area contributed by atoms with Gasteiger partial charge in [-0.3, -0.25) is 14.4 Å². The summed E-state index contributed by atoms with van der Waals surface area (Å²) in [5.74, 6) is -2.50. The Hall–Kier alpha value is -3.75. The van der Waals surface area contributed by atoms with Crippen molar-refractivity contribution in [1.29, 1.82) is 0 Å². The summed E-state index contributed by atoms with van der Waals surface area (Å²) in [5, 5.41) is 10.7. The number of carbonyl (C=O) groups is 3. The van der Waals surface area contributed by atoms with Gasteiger partial charge in [-0.1, -0.05) is 54.6 Å². The topological polar surface area (TPSA) is 90.4 Å². The molecule has 3 amide bonds. The molecule has 3 aliphatic rings. The molecule has 42 heavy (non-hydrogen) atoms. The molecule has 2 aromatic carbocycles. The van der Waals surface area contributed by atoms with E-state index in [9.17, 15) is 19.5 Å². The van der Waals surface area contributed by atoms with Crippen LogP contribution in [0.1, 0.15) is 42.5 Å². The van der Waals surface area contributed by atoms with Gasteiger partial charge in [0, 0.05) is 25.8 Å². The zero-order valence-electron chi connectivity index (χ0n) is 25.0. The van der Waals surface area contributed by atoms with E-state index in [4.69, 9.17) is 4.74 Å². The number of aryl methyl sites for hydroxylation is 2. The van der Waals surface area contributed by atoms with Crippen molar-refractivity contribution in [2.45, 2.75) is 56.9 Å². The molecule has 6 atom stereocenters. The lowest BCUT2D eigenvalue weighted by Crippen LogP contribution is -2.57. The minimum Gasteiger partial charge on any atom is -0.394 e. The molecule has 0 radical (unpaired) electrons. The lowest BCUT2D eigenvalue weighted by Gasteiger charge is -2.40. The molecule has 2 bridgehead atoms. The van der Waals surface area contributed by atoms with Crippen molar-refractivity contribution in [2.75, 3.05) is 31.6 Å². The molecular formula is C34H41N3O5. The second kappa shape index (κ2) is 11.2. The molecule has 2 unspecified atom stereocenters. The predicted octanol–water partition coefficient (Wildman–Crippen LogP) is 3.97. The summed E-state index contributed by atoms with van der Waals surface area (Å²) in [6, 6.07) is 13.3. The number of fused-ring (bicyclic) bond motifs is 1. The van der Waals surface area contributed by atoms with Gasteiger partial charge in [0.15, 0.2) is 0 Å². The summed E-state index contributed by atoms with van der Waals surface area (Å²) >= 11 is 0. The number of rotatable bonds is 10. The molecule has 8 heteroatoms. The Balaban J connectivity index is 1.69. The molecule has 1 spiro atoms. The van der Waals surface area contributed by atoms with E-state index in [-0.39, 0.29) is 30.9 Å². The van der Waals surface area contributed by atoms with E-state index in [0.717, 1.165) is 16.8 Å². The molecule has 0 aromatic heterocycles. The van der Waals surface area contributed by atoms with Crippen LogP contribution in [0.15, 0.2) is 73.8 Å². The third-order valence-corrected chi connectivity index (χ3v) is 9.42. The van der Waals surface area contributed by atoms with E-state index < -0.39 is 35.1 Å². The van der Waals surface area contributed by atoms with Gasteiger partial charge in [0.25, 0.3) is 5.91 Å². The van der Waals surface area contributed by atoms with Crippen molar-refractivity contribution in [3.05, 3.63) is 90.5 Å². The number of hydrogen-bond acceptors (Lipinski definition) is 5. The third kappa shape index (κ3) is 4.48. The summed E-state index contributed by atoms with van der Waals surface area (Å²) in [4.78, 5) is 48.3. The average molecular weight is 572 g/mol. The molecule has 0 aliphatic carbocycles. The highest BCUT2D eigenvalue weighted by molar-refractivity contribution is 6.05. The average Bonchev–Trinajstić information content (AvgIpc) is 3.54. The first-order valence-corrected chi connectivity index (χ1v) is 14.6. The fourth-order valence-electron chi connectivity index (χ4n) is 7.50. The highest BCUT2D eigenvalue weighted by Gasteiger charge is 2.79. The Morgan fingerprint density at radius 3 is 2.43 bits per heavy atom. The second-order valence-corrected chi connectivity index (χ2v) is 12.1. The molecule has 5 rings (SSSR count). The van der Waals surface area contributed by atoms with Crippen LogP contribution in [0.4, 0.5) is 5.69 Å². The summed E-state index contributed by atoms with van der Waals surface area (Å²) in [6.07, 6.45) is 4.30. The Labute approximate surface area is 248 Å². The van der Waals surface area contributed by atoms with Gasteiger partial charge < -0.3 is 24.5 Å². The van der Waals surface area contributed by atoms with Crippen LogP contribution in [-0.4, -0.2) is 76.6 Å². The Bertz CT molecular complexity index is 1410. The quantitative estimate of drug-likeness (QED) is 0.436. The normalized spacial score (nSPS) is 28.4. The summed E-state index contributed by atoms with van der Waals surface area (Å²) < 4.78 is 6.83. The Morgan fingerprint density at radius 2 is 1.79 bits per heavy atom. The van der Waals surface area contributed by atoms with Crippen molar-refractivity contribution in [3.8, 4) is 0 Å². The van der Waals surface area contributed by atoms with E-state index in [0.29, 0.717) is 24.9 Å². The monoisotopic (exact) mass is 571 g/mol. The molecule has 3 heterocycles. The molecule has 3 saturated heterocycles. The predicted molar refractivity (Wildman–Crippen MR) is 162 cm³/mol. The number of aliphatic hydroxyl groups excluding tert-OH is 1. The number of nitrogens with zero attached hydrogens (tertiary/aromatic N) is 3. The van der Waals surface area contributed by atoms with E-state index in [1.807, 2.05) is 69.3 Å². The van der Waals surface area contributed by atoms with Gasteiger partial charge in [-0.25, -0.2) is 0 Å². The van der Waals surface area contributed by atoms with Gasteiger partial charge in [0.2, 0.25) is 11.8 Å². The number of carbonyl (C=O) groups excluding carboxylic acids is 3. The van der Waals surface area contributed by atoms with E-state index in [1.165, 1.54) is 4.90 Å². The maximum Gasteiger partial charge on any atom is 0.253 e. The fraction of sp³-hybridized carbons (Fsp3) is 0.441. The summed E-state index contributed by atoms with van der Waals surface area (Å²) in [7, 11) is 1.69. The highest BCUT2D eigenvalue weighted by atomic mass is 16.5. The highest BCUT2D eigenvalue weighted by Crippen LogP contribution is 2.64. The van der Waals surface area contributed by atoms with Gasteiger partial charge in [0.1, 0.15) is 11.6 Å². The molecule has 3 fully saturated rings. The first-order chi connectivity index (χ1) is 20.0. The van der Waals surface area contributed by atoms with Crippen molar-refractivity contribution < 1.29 is 24.2 Å². The maximum atomic E-state index is 15.0. The van der Waals surface area contributed by atoms with E-state index in [1.54, 1.807) is 29.0 Å². The molecule has 2 aromatic rings. The summed E-state index contributed by atoms with van der Waals surface area (Å²) in [6.45, 7) is 13.6. The molecule has 8 nitrogen and oxygen atoms in total. The number of likely N-dealkylation sites (tertiary alicyclic amines) is 1. The Morgan fingerprint density at radius 1 is 1.10 bits per heavy atom. The molecule has 0 saturated carbocycles. The number of hydrogen-bond donors (Lipinski definition) is 1. The van der Waals surface area contributed by atoms with Gasteiger partial charge in [-0.2, -0.15) is 0 Å². The van der Waals surface area contributed by atoms with E-state index >= 15 is 0 Å². The number of anilines is 1. The van der Waals surface area contributed by atoms with Crippen molar-refractivity contribution in [3.63, 3.8) is 0 Å². The maximum absolute atomic E-state index is 15.0. The van der Waals surface area contributed by atoms with Crippen LogP contribution in [0.5, 0.6) is 0 Å². The van der Waals surface area contributed by atoms with Crippen LogP contribution >= 0.6 is 0 Å². The zero-order chi connectivity index (χ0) is 30.4. The van der Waals surface area contributed by atoms with Crippen molar-refractivity contribution in [1.82, 2.24) is 9.80 Å². The lowest BCUT2D eigenvalue weighted by molar-refractivity contribution is -0.151. The molecule has 222 valence electrons. The lowest BCUT2D eigenvalue weighted by atomic mass is 9.66. The van der Waals surface area contributed by atoms with Gasteiger partial charge in [-0.05, 0) is 56.4 Å². The SMILES string of the molecule is C=CCN(C)C(=O)[C@H]1[C@H]2C(=O)N([C@H](CO)c3ccccc3)C(C(=O)N(CC=C)c3cc(C)ccc3C)C23CC[C@]1(C)O3. The fourth-order valence-corrected chi connectivity index (χ4v) is 7.50. The van der Waals surface area contributed by atoms with E-state index in [2.05, 4.69) is 13.2 Å². The number of ether oxygens (including phenoxy) is 1. The largest absolute Gasteiger partial charge is 0.394 e. The van der Waals surface area contributed by atoms with Crippen LogP contribution in [0.25, 0.3) is 0 Å². The van der Waals surface area contributed by atoms with Crippen LogP contribution in [0, 0.1) is 25.7 Å². The van der Waals surface area contributed by atoms with Gasteiger partial charge in [-0.15, -0.1) is 13.2 Å². The first kappa shape index (κ1) is 29.7. The smallest absolute Gasteiger partial charge is 0.253 e. The molecule has 1 N–H and O–H groups in total. The van der Waals surface area contributed by atoms with Crippen LogP contribution in [-0.2, 0) is 19.1 Å². The molecule has 3 aliphatic heterocycles. The Kier molecular flexibility index (Phi) is 7.89. The van der Waals surface area contributed by atoms with Crippen molar-refractivity contribution in [2.24, 2.45) is 11.8 Å². The number of benzene rings is 2. The minimum absolute atomic E-state index is 0.205. The number of likely N-dealkylation sites (N-methyl/N-ethyl adjacent to an activating group) is 1. The number of amides is 3. The van der Waals surface area contributed by atoms with Crippen molar-refractivity contribution >= 4 is 23.4 Å². The zero-order valence-corrected chi connectivity index (χ0v) is 25.0. The third-order valence-electron chi connectivity index (χ3n) is 9.42. The standard InChI is InChI=1S/C34H41N3O5/c1-7-18-35(6)30(39)27-28-31(40)37(26(21-38)24-12-10-9-11-13-24)29(34(28)17-16-33(27,5)42-34)32(41)36(19-8-2)25-20-22(3)14-15-23(25)4/h7-15,20,26-29,38H,1-2,16-19,21H2,3-6H3/t26-,27-,28+,29?,33+,34?/m1/s1. The molecular weight excluding hydrogens is 530 g/mol. The second-order valence-electron chi connectivity index (χ2n) is 12.1.